The third kappa shape index (κ3) is 2.58. The monoisotopic (exact) mass is 377 g/mol. The number of hydrogen-bond donors (Lipinski definition) is 3. The number of nitrogens with zero attached hydrogens (tertiary/aromatic N) is 2. The number of carbonyl (C=O) groups excluding carboxylic acids is 1. The summed E-state index contributed by atoms with van der Waals surface area (Å²) in [7, 11) is 0. The normalized spacial score (nSPS) is 12.9. The number of halogens is 2. The lowest BCUT2D eigenvalue weighted by Crippen LogP contribution is -2.13. The highest BCUT2D eigenvalue weighted by Crippen LogP contribution is 2.33. The fraction of sp³-hybridized carbons (Fsp3) is 0.0500. The Morgan fingerprint density at radius 2 is 1.82 bits per heavy atom. The fourth-order valence-electron chi connectivity index (χ4n) is 3.34. The summed E-state index contributed by atoms with van der Waals surface area (Å²) < 4.78 is 28.5. The maximum Gasteiger partial charge on any atom is 0.255 e. The molecule has 0 atom stereocenters. The summed E-state index contributed by atoms with van der Waals surface area (Å²) in [5.41, 5.74) is 1.70. The zero-order chi connectivity index (χ0) is 19.3. The molecule has 0 unspecified atom stereocenters. The molecule has 1 aliphatic heterocycles. The highest BCUT2D eigenvalue weighted by Gasteiger charge is 2.27. The predicted octanol–water partition coefficient (Wildman–Crippen LogP) is 3.89. The molecule has 1 amide bonds. The quantitative estimate of drug-likeness (QED) is 0.506. The maximum absolute atomic E-state index is 14.3. The van der Waals surface area contributed by atoms with E-state index in [0.29, 0.717) is 28.4 Å². The molecule has 8 heteroatoms. The van der Waals surface area contributed by atoms with Crippen molar-refractivity contribution < 1.29 is 13.6 Å². The minimum absolute atomic E-state index is 0.106. The molecule has 28 heavy (non-hydrogen) atoms. The van der Waals surface area contributed by atoms with E-state index in [2.05, 4.69) is 25.6 Å². The van der Waals surface area contributed by atoms with Gasteiger partial charge in [0.15, 0.2) is 0 Å². The van der Waals surface area contributed by atoms with Crippen LogP contribution in [-0.4, -0.2) is 20.9 Å². The Labute approximate surface area is 157 Å². The number of pyridine rings is 2. The van der Waals surface area contributed by atoms with Gasteiger partial charge in [0.2, 0.25) is 0 Å². The molecule has 4 aromatic rings. The molecule has 0 saturated carbocycles. The van der Waals surface area contributed by atoms with Gasteiger partial charge >= 0.3 is 0 Å². The van der Waals surface area contributed by atoms with Crippen molar-refractivity contribution in [1.82, 2.24) is 20.3 Å². The van der Waals surface area contributed by atoms with Crippen LogP contribution in [0.3, 0.4) is 0 Å². The van der Waals surface area contributed by atoms with Crippen molar-refractivity contribution in [3.05, 3.63) is 71.6 Å². The van der Waals surface area contributed by atoms with Crippen LogP contribution in [0.5, 0.6) is 0 Å². The molecule has 0 bridgehead atoms. The topological polar surface area (TPSA) is 82.7 Å². The van der Waals surface area contributed by atoms with Crippen LogP contribution >= 0.6 is 0 Å². The van der Waals surface area contributed by atoms with Crippen molar-refractivity contribution in [2.75, 3.05) is 5.32 Å². The Hall–Kier alpha value is -3.81. The van der Waals surface area contributed by atoms with E-state index < -0.39 is 11.6 Å². The van der Waals surface area contributed by atoms with Crippen molar-refractivity contribution in [3.63, 3.8) is 0 Å². The lowest BCUT2D eigenvalue weighted by Gasteiger charge is -2.12. The Bertz CT molecular complexity index is 1230. The third-order valence-corrected chi connectivity index (χ3v) is 4.63. The summed E-state index contributed by atoms with van der Waals surface area (Å²) in [4.78, 5) is 24.0. The molecule has 1 aliphatic rings. The van der Waals surface area contributed by atoms with Gasteiger partial charge in [0.25, 0.3) is 5.91 Å². The van der Waals surface area contributed by atoms with Gasteiger partial charge in [-0.1, -0.05) is 6.07 Å². The van der Waals surface area contributed by atoms with Gasteiger partial charge in [0.05, 0.1) is 34.7 Å². The summed E-state index contributed by atoms with van der Waals surface area (Å²) in [6.45, 7) is 0.190. The second-order valence-corrected chi connectivity index (χ2v) is 6.39. The van der Waals surface area contributed by atoms with Crippen LogP contribution in [0.4, 0.5) is 20.3 Å². The lowest BCUT2D eigenvalue weighted by molar-refractivity contribution is 0.0966. The highest BCUT2D eigenvalue weighted by molar-refractivity contribution is 6.04. The van der Waals surface area contributed by atoms with Gasteiger partial charge < -0.3 is 15.6 Å². The molecule has 3 aromatic heterocycles. The number of nitrogens with one attached hydrogen (secondary N) is 3. The van der Waals surface area contributed by atoms with Crippen LogP contribution in [0.25, 0.3) is 22.3 Å². The summed E-state index contributed by atoms with van der Waals surface area (Å²) >= 11 is 0. The van der Waals surface area contributed by atoms with Crippen molar-refractivity contribution in [1.29, 1.82) is 0 Å². The molecule has 5 rings (SSSR count). The van der Waals surface area contributed by atoms with Crippen molar-refractivity contribution in [3.8, 4) is 11.3 Å². The van der Waals surface area contributed by atoms with E-state index in [-0.39, 0.29) is 23.7 Å². The number of rotatable bonds is 3. The van der Waals surface area contributed by atoms with E-state index >= 15 is 0 Å². The molecule has 3 N–H and O–H groups in total. The maximum atomic E-state index is 14.3. The first-order valence-corrected chi connectivity index (χ1v) is 8.58. The van der Waals surface area contributed by atoms with Gasteiger partial charge in [0, 0.05) is 11.6 Å². The first-order chi connectivity index (χ1) is 13.6. The van der Waals surface area contributed by atoms with Crippen molar-refractivity contribution in [2.45, 2.75) is 6.54 Å². The van der Waals surface area contributed by atoms with Gasteiger partial charge in [-0.05, 0) is 36.4 Å². The SMILES string of the molecule is O=C1NCc2nc(-c3c(F)cccc3F)cc(Nc3ccc4cc[nH]c4n3)c21. The minimum Gasteiger partial charge on any atom is -0.346 e. The average Bonchev–Trinajstić information content (AvgIpc) is 3.28. The van der Waals surface area contributed by atoms with E-state index in [1.54, 1.807) is 12.3 Å². The number of aromatic nitrogens is 3. The van der Waals surface area contributed by atoms with E-state index in [0.717, 1.165) is 5.39 Å². The summed E-state index contributed by atoms with van der Waals surface area (Å²) in [5.74, 6) is -1.25. The number of amides is 1. The van der Waals surface area contributed by atoms with Gasteiger partial charge in [-0.15, -0.1) is 0 Å². The molecule has 0 radical (unpaired) electrons. The molecule has 0 saturated heterocycles. The Kier molecular flexibility index (Phi) is 3.58. The van der Waals surface area contributed by atoms with Crippen LogP contribution in [-0.2, 0) is 6.54 Å². The van der Waals surface area contributed by atoms with E-state index in [4.69, 9.17) is 0 Å². The fourth-order valence-corrected chi connectivity index (χ4v) is 3.34. The van der Waals surface area contributed by atoms with E-state index in [9.17, 15) is 13.6 Å². The largest absolute Gasteiger partial charge is 0.346 e. The molecular weight excluding hydrogens is 364 g/mol. The van der Waals surface area contributed by atoms with Crippen molar-refractivity contribution in [2.24, 2.45) is 0 Å². The van der Waals surface area contributed by atoms with E-state index in [1.807, 2.05) is 12.1 Å². The van der Waals surface area contributed by atoms with Crippen LogP contribution in [0.15, 0.2) is 48.7 Å². The van der Waals surface area contributed by atoms with Crippen LogP contribution in [0.2, 0.25) is 0 Å². The number of aromatic amines is 1. The van der Waals surface area contributed by atoms with Gasteiger partial charge in [-0.3, -0.25) is 4.79 Å². The number of fused-ring (bicyclic) bond motifs is 2. The molecule has 1 aromatic carbocycles. The Morgan fingerprint density at radius 3 is 2.64 bits per heavy atom. The van der Waals surface area contributed by atoms with Crippen molar-refractivity contribution >= 4 is 28.4 Å². The number of hydrogen-bond acceptors (Lipinski definition) is 4. The molecule has 0 aliphatic carbocycles. The third-order valence-electron chi connectivity index (χ3n) is 4.63. The van der Waals surface area contributed by atoms with Crippen LogP contribution < -0.4 is 10.6 Å². The van der Waals surface area contributed by atoms with Gasteiger partial charge in [-0.25, -0.2) is 18.7 Å². The molecule has 138 valence electrons. The second-order valence-electron chi connectivity index (χ2n) is 6.39. The summed E-state index contributed by atoms with van der Waals surface area (Å²) in [6, 6.07) is 10.6. The van der Waals surface area contributed by atoms with Crippen LogP contribution in [0, 0.1) is 11.6 Å². The number of carbonyl (C=O) groups is 1. The zero-order valence-corrected chi connectivity index (χ0v) is 14.4. The highest BCUT2D eigenvalue weighted by atomic mass is 19.1. The van der Waals surface area contributed by atoms with Gasteiger partial charge in [0.1, 0.15) is 23.1 Å². The van der Waals surface area contributed by atoms with Crippen LogP contribution in [0.1, 0.15) is 16.1 Å². The Balaban J connectivity index is 1.66. The standard InChI is InChI=1S/C20H13F2N5O/c21-11-2-1-3-12(22)17(11)13-8-14(18-15(25-13)9-24-20(18)28)26-16-5-4-10-6-7-23-19(10)27-16/h1-8H,9H2,(H,24,28)(H2,23,25,26,27). The number of benzene rings is 1. The summed E-state index contributed by atoms with van der Waals surface area (Å²) in [6.07, 6.45) is 1.78. The molecule has 0 spiro atoms. The average molecular weight is 377 g/mol. The molecule has 6 nitrogen and oxygen atoms in total. The first kappa shape index (κ1) is 16.4. The molecule has 4 heterocycles. The summed E-state index contributed by atoms with van der Waals surface area (Å²) in [5, 5.41) is 6.72. The number of H-pyrrole nitrogens is 1. The second kappa shape index (κ2) is 6.12. The Morgan fingerprint density at radius 1 is 1.00 bits per heavy atom. The van der Waals surface area contributed by atoms with Gasteiger partial charge in [-0.2, -0.15) is 0 Å². The lowest BCUT2D eigenvalue weighted by atomic mass is 10.1. The molecular formula is C20H13F2N5O. The smallest absolute Gasteiger partial charge is 0.255 e. The minimum atomic E-state index is -0.721. The predicted molar refractivity (Wildman–Crippen MR) is 100 cm³/mol. The van der Waals surface area contributed by atoms with E-state index in [1.165, 1.54) is 24.3 Å². The number of anilines is 2. The molecule has 0 fully saturated rings. The zero-order valence-electron chi connectivity index (χ0n) is 14.4. The first-order valence-electron chi connectivity index (χ1n) is 8.58.